The van der Waals surface area contributed by atoms with Crippen molar-refractivity contribution in [3.05, 3.63) is 82.3 Å². The summed E-state index contributed by atoms with van der Waals surface area (Å²) >= 11 is 0. The van der Waals surface area contributed by atoms with Gasteiger partial charge in [-0.2, -0.15) is 13.2 Å². The summed E-state index contributed by atoms with van der Waals surface area (Å²) in [6.07, 6.45) is -1.42. The average molecular weight is 495 g/mol. The van der Waals surface area contributed by atoms with E-state index in [0.29, 0.717) is 23.3 Å². The van der Waals surface area contributed by atoms with E-state index in [1.165, 1.54) is 6.07 Å². The molecular formula is C27H25F3N4O2. The number of benzene rings is 2. The predicted octanol–water partition coefficient (Wildman–Crippen LogP) is 5.58. The molecular weight excluding hydrogens is 469 g/mol. The molecule has 0 radical (unpaired) electrons. The zero-order valence-corrected chi connectivity index (χ0v) is 19.7. The van der Waals surface area contributed by atoms with Crippen molar-refractivity contribution in [3.63, 3.8) is 0 Å². The Hall–Kier alpha value is -3.72. The molecule has 1 aliphatic rings. The Balaban J connectivity index is 1.58. The maximum Gasteiger partial charge on any atom is 0.416 e. The third-order valence-electron chi connectivity index (χ3n) is 6.44. The van der Waals surface area contributed by atoms with E-state index in [1.54, 1.807) is 16.7 Å². The number of hydrogen-bond acceptors (Lipinski definition) is 5. The van der Waals surface area contributed by atoms with E-state index in [-0.39, 0.29) is 23.1 Å². The smallest absolute Gasteiger partial charge is 0.416 e. The van der Waals surface area contributed by atoms with E-state index >= 15 is 0 Å². The van der Waals surface area contributed by atoms with Gasteiger partial charge in [-0.05, 0) is 68.6 Å². The van der Waals surface area contributed by atoms with Crippen molar-refractivity contribution in [1.82, 2.24) is 19.9 Å². The monoisotopic (exact) mass is 494 g/mol. The van der Waals surface area contributed by atoms with Gasteiger partial charge in [0.25, 0.3) is 5.56 Å². The first-order chi connectivity index (χ1) is 17.3. The zero-order valence-electron chi connectivity index (χ0n) is 19.7. The highest BCUT2D eigenvalue weighted by atomic mass is 19.4. The molecule has 0 saturated carbocycles. The van der Waals surface area contributed by atoms with Crippen molar-refractivity contribution in [1.29, 1.82) is 0 Å². The van der Waals surface area contributed by atoms with Gasteiger partial charge in [0.2, 0.25) is 5.88 Å². The van der Waals surface area contributed by atoms with Crippen LogP contribution in [-0.2, 0) is 12.7 Å². The van der Waals surface area contributed by atoms with Crippen molar-refractivity contribution in [2.24, 2.45) is 5.92 Å². The minimum absolute atomic E-state index is 0.206. The van der Waals surface area contributed by atoms with Crippen LogP contribution in [-0.4, -0.2) is 27.6 Å². The molecule has 2 aromatic heterocycles. The van der Waals surface area contributed by atoms with Gasteiger partial charge in [0, 0.05) is 24.4 Å². The molecule has 0 unspecified atom stereocenters. The van der Waals surface area contributed by atoms with Crippen LogP contribution in [0.15, 0.2) is 65.6 Å². The average Bonchev–Trinajstić information content (AvgIpc) is 2.87. The third kappa shape index (κ3) is 4.97. The number of nitrogens with zero attached hydrogens (tertiary/aromatic N) is 3. The van der Waals surface area contributed by atoms with Crippen LogP contribution in [0.4, 0.5) is 13.2 Å². The fraction of sp³-hybridized carbons (Fsp3) is 0.296. The second kappa shape index (κ2) is 9.73. The van der Waals surface area contributed by atoms with E-state index < -0.39 is 11.7 Å². The van der Waals surface area contributed by atoms with Gasteiger partial charge in [0.1, 0.15) is 11.6 Å². The Kier molecular flexibility index (Phi) is 6.49. The number of ether oxygens (including phenoxy) is 1. The lowest BCUT2D eigenvalue weighted by atomic mass is 9.99. The van der Waals surface area contributed by atoms with E-state index in [0.717, 1.165) is 55.4 Å². The molecule has 1 N–H and O–H groups in total. The highest BCUT2D eigenvalue weighted by Crippen LogP contribution is 2.32. The fourth-order valence-corrected chi connectivity index (χ4v) is 4.56. The topological polar surface area (TPSA) is 69.0 Å². The molecule has 5 rings (SSSR count). The standard InChI is InChI=1S/C27H25F3N4O2/c1-17-5-2-3-7-21(17)25-33-23-9-8-20(36-24-13-19(10-12-32-24)27(28,29)30)14-22(23)26(35)34(25)16-18-6-4-11-31-15-18/h2-3,5,7-10,12-14,18,31H,4,6,11,15-16H2,1H3/t18-/m0/s1. The number of aryl methyl sites for hydroxylation is 1. The van der Waals surface area contributed by atoms with Crippen molar-refractivity contribution in [2.45, 2.75) is 32.5 Å². The first-order valence-corrected chi connectivity index (χ1v) is 11.8. The van der Waals surface area contributed by atoms with Gasteiger partial charge in [-0.1, -0.05) is 24.3 Å². The van der Waals surface area contributed by atoms with Crippen LogP contribution in [0.3, 0.4) is 0 Å². The number of rotatable bonds is 5. The Labute approximate surface area is 205 Å². The molecule has 2 aromatic carbocycles. The number of nitrogens with one attached hydrogen (secondary N) is 1. The Bertz CT molecular complexity index is 1460. The molecule has 0 spiro atoms. The Morgan fingerprint density at radius 3 is 2.72 bits per heavy atom. The molecule has 0 aliphatic carbocycles. The van der Waals surface area contributed by atoms with E-state index in [4.69, 9.17) is 9.72 Å². The molecule has 1 atom stereocenters. The molecule has 6 nitrogen and oxygen atoms in total. The van der Waals surface area contributed by atoms with E-state index in [1.807, 2.05) is 31.2 Å². The summed E-state index contributed by atoms with van der Waals surface area (Å²) < 4.78 is 46.5. The number of alkyl halides is 3. The minimum atomic E-state index is -4.51. The van der Waals surface area contributed by atoms with Crippen LogP contribution in [0.25, 0.3) is 22.3 Å². The summed E-state index contributed by atoms with van der Waals surface area (Å²) in [5, 5.41) is 3.72. The van der Waals surface area contributed by atoms with Crippen molar-refractivity contribution in [3.8, 4) is 23.0 Å². The predicted molar refractivity (Wildman–Crippen MR) is 131 cm³/mol. The highest BCUT2D eigenvalue weighted by Gasteiger charge is 2.31. The first-order valence-electron chi connectivity index (χ1n) is 11.8. The van der Waals surface area contributed by atoms with Crippen LogP contribution >= 0.6 is 0 Å². The molecule has 4 aromatic rings. The van der Waals surface area contributed by atoms with Gasteiger partial charge in [0.05, 0.1) is 16.5 Å². The first kappa shape index (κ1) is 24.0. The molecule has 186 valence electrons. The van der Waals surface area contributed by atoms with Gasteiger partial charge in [-0.25, -0.2) is 9.97 Å². The van der Waals surface area contributed by atoms with Gasteiger partial charge < -0.3 is 10.1 Å². The lowest BCUT2D eigenvalue weighted by Gasteiger charge is -2.25. The summed E-state index contributed by atoms with van der Waals surface area (Å²) in [6, 6.07) is 14.3. The van der Waals surface area contributed by atoms with Crippen molar-refractivity contribution < 1.29 is 17.9 Å². The molecule has 0 amide bonds. The number of aromatic nitrogens is 3. The third-order valence-corrected chi connectivity index (χ3v) is 6.44. The molecule has 0 bridgehead atoms. The second-order valence-electron chi connectivity index (χ2n) is 9.04. The lowest BCUT2D eigenvalue weighted by Crippen LogP contribution is -2.35. The van der Waals surface area contributed by atoms with Crippen LogP contribution in [0.2, 0.25) is 0 Å². The number of halogens is 3. The lowest BCUT2D eigenvalue weighted by molar-refractivity contribution is -0.137. The fourth-order valence-electron chi connectivity index (χ4n) is 4.56. The molecule has 36 heavy (non-hydrogen) atoms. The van der Waals surface area contributed by atoms with Crippen LogP contribution in [0.5, 0.6) is 11.6 Å². The zero-order chi connectivity index (χ0) is 25.3. The minimum Gasteiger partial charge on any atom is -0.439 e. The van der Waals surface area contributed by atoms with E-state index in [9.17, 15) is 18.0 Å². The van der Waals surface area contributed by atoms with Gasteiger partial charge in [-0.3, -0.25) is 9.36 Å². The van der Waals surface area contributed by atoms with Crippen LogP contribution < -0.4 is 15.6 Å². The van der Waals surface area contributed by atoms with Crippen LogP contribution in [0.1, 0.15) is 24.0 Å². The summed E-state index contributed by atoms with van der Waals surface area (Å²) in [4.78, 5) is 22.5. The summed E-state index contributed by atoms with van der Waals surface area (Å²) in [6.45, 7) is 4.29. The number of fused-ring (bicyclic) bond motifs is 1. The highest BCUT2D eigenvalue weighted by molar-refractivity contribution is 5.81. The van der Waals surface area contributed by atoms with Crippen molar-refractivity contribution in [2.75, 3.05) is 13.1 Å². The Morgan fingerprint density at radius 1 is 1.14 bits per heavy atom. The molecule has 1 fully saturated rings. The Morgan fingerprint density at radius 2 is 1.97 bits per heavy atom. The molecule has 3 heterocycles. The molecule has 1 saturated heterocycles. The van der Waals surface area contributed by atoms with Crippen molar-refractivity contribution >= 4 is 10.9 Å². The van der Waals surface area contributed by atoms with E-state index in [2.05, 4.69) is 10.3 Å². The summed E-state index contributed by atoms with van der Waals surface area (Å²) in [5.41, 5.74) is 1.30. The van der Waals surface area contributed by atoms with Crippen LogP contribution in [0, 0.1) is 12.8 Å². The van der Waals surface area contributed by atoms with Gasteiger partial charge in [0.15, 0.2) is 0 Å². The normalized spacial score (nSPS) is 16.3. The van der Waals surface area contributed by atoms with Gasteiger partial charge >= 0.3 is 6.18 Å². The number of pyridine rings is 1. The molecule has 9 heteroatoms. The second-order valence-corrected chi connectivity index (χ2v) is 9.04. The SMILES string of the molecule is Cc1ccccc1-c1nc2ccc(Oc3cc(C(F)(F)F)ccn3)cc2c(=O)n1C[C@H]1CCCNC1. The summed E-state index contributed by atoms with van der Waals surface area (Å²) in [5.74, 6) is 0.890. The maximum atomic E-state index is 13.8. The van der Waals surface area contributed by atoms with Gasteiger partial charge in [-0.15, -0.1) is 0 Å². The maximum absolute atomic E-state index is 13.8. The number of piperidine rings is 1. The largest absolute Gasteiger partial charge is 0.439 e. The summed E-state index contributed by atoms with van der Waals surface area (Å²) in [7, 11) is 0. The molecule has 1 aliphatic heterocycles. The quantitative estimate of drug-likeness (QED) is 0.393. The number of hydrogen-bond donors (Lipinski definition) is 1.